The van der Waals surface area contributed by atoms with E-state index >= 15 is 0 Å². The van der Waals surface area contributed by atoms with Crippen molar-refractivity contribution in [2.24, 2.45) is 5.92 Å². The fourth-order valence-corrected chi connectivity index (χ4v) is 2.71. The Morgan fingerprint density at radius 3 is 2.45 bits per heavy atom. The second kappa shape index (κ2) is 8.23. The number of ether oxygens (including phenoxy) is 1. The van der Waals surface area contributed by atoms with E-state index in [9.17, 15) is 13.2 Å². The molecule has 0 atom stereocenters. The molecule has 2 nitrogen and oxygen atoms in total. The highest BCUT2D eigenvalue weighted by Gasteiger charge is 2.35. The summed E-state index contributed by atoms with van der Waals surface area (Å²) in [4.78, 5) is 0. The summed E-state index contributed by atoms with van der Waals surface area (Å²) in [7, 11) is 0. The molecule has 1 fully saturated rings. The minimum atomic E-state index is -4.07. The largest absolute Gasteiger partial charge is 0.389 e. The summed E-state index contributed by atoms with van der Waals surface area (Å²) < 4.78 is 42.3. The molecule has 1 saturated carbocycles. The molecule has 0 aliphatic heterocycles. The van der Waals surface area contributed by atoms with E-state index in [-0.39, 0.29) is 18.6 Å². The molecule has 0 saturated heterocycles. The Hall–Kier alpha value is -0.290. The van der Waals surface area contributed by atoms with E-state index in [0.717, 1.165) is 45.2 Å². The standard InChI is InChI=1S/C15H28F3NO/c1-3-10-19-12-14(8-5-13(2)6-9-14)20-11-4-7-15(16,17)18/h13,19H,3-12H2,1-2H3. The molecule has 20 heavy (non-hydrogen) atoms. The number of nitrogens with one attached hydrogen (secondary N) is 1. The van der Waals surface area contributed by atoms with Crippen molar-refractivity contribution in [2.45, 2.75) is 70.6 Å². The molecule has 0 unspecified atom stereocenters. The van der Waals surface area contributed by atoms with Crippen LogP contribution in [0.4, 0.5) is 13.2 Å². The van der Waals surface area contributed by atoms with Crippen LogP contribution in [0.15, 0.2) is 0 Å². The third-order valence-corrected chi connectivity index (χ3v) is 4.07. The zero-order valence-electron chi connectivity index (χ0n) is 12.7. The molecule has 120 valence electrons. The van der Waals surface area contributed by atoms with Crippen LogP contribution < -0.4 is 5.32 Å². The third kappa shape index (κ3) is 6.93. The van der Waals surface area contributed by atoms with E-state index in [0.29, 0.717) is 5.92 Å². The van der Waals surface area contributed by atoms with Crippen LogP contribution in [0.2, 0.25) is 0 Å². The lowest BCUT2D eigenvalue weighted by Crippen LogP contribution is -2.46. The SMILES string of the molecule is CCCNCC1(OCCCC(F)(F)F)CCC(C)CC1. The fraction of sp³-hybridized carbons (Fsp3) is 1.00. The first-order valence-electron chi connectivity index (χ1n) is 7.78. The molecule has 1 N–H and O–H groups in total. The van der Waals surface area contributed by atoms with Gasteiger partial charge < -0.3 is 10.1 Å². The summed E-state index contributed by atoms with van der Waals surface area (Å²) >= 11 is 0. The molecule has 1 rings (SSSR count). The van der Waals surface area contributed by atoms with Crippen LogP contribution in [0.1, 0.15) is 58.8 Å². The lowest BCUT2D eigenvalue weighted by atomic mass is 9.79. The van der Waals surface area contributed by atoms with E-state index in [2.05, 4.69) is 19.2 Å². The summed E-state index contributed by atoms with van der Waals surface area (Å²) in [5.74, 6) is 0.702. The van der Waals surface area contributed by atoms with Crippen molar-refractivity contribution < 1.29 is 17.9 Å². The normalized spacial score (nSPS) is 27.8. The predicted molar refractivity (Wildman–Crippen MR) is 74.8 cm³/mol. The molecule has 0 radical (unpaired) electrons. The molecule has 0 aromatic rings. The van der Waals surface area contributed by atoms with Crippen molar-refractivity contribution in [1.82, 2.24) is 5.32 Å². The lowest BCUT2D eigenvalue weighted by Gasteiger charge is -2.39. The molecule has 0 aromatic heterocycles. The zero-order chi connectivity index (χ0) is 15.1. The van der Waals surface area contributed by atoms with E-state index in [1.54, 1.807) is 0 Å². The first-order chi connectivity index (χ1) is 9.37. The average molecular weight is 295 g/mol. The van der Waals surface area contributed by atoms with Crippen LogP contribution in [-0.2, 0) is 4.74 Å². The lowest BCUT2D eigenvalue weighted by molar-refractivity contribution is -0.144. The Kier molecular flexibility index (Phi) is 7.30. The first-order valence-corrected chi connectivity index (χ1v) is 7.78. The van der Waals surface area contributed by atoms with E-state index < -0.39 is 12.6 Å². The third-order valence-electron chi connectivity index (χ3n) is 4.07. The molecule has 0 bridgehead atoms. The molecular weight excluding hydrogens is 267 g/mol. The highest BCUT2D eigenvalue weighted by Crippen LogP contribution is 2.35. The maximum atomic E-state index is 12.1. The van der Waals surface area contributed by atoms with Gasteiger partial charge in [0.15, 0.2) is 0 Å². The van der Waals surface area contributed by atoms with Crippen molar-refractivity contribution in [1.29, 1.82) is 0 Å². The van der Waals surface area contributed by atoms with Gasteiger partial charge in [0.25, 0.3) is 0 Å². The number of rotatable bonds is 8. The molecule has 0 aromatic carbocycles. The Labute approximate surface area is 120 Å². The fourth-order valence-electron chi connectivity index (χ4n) is 2.71. The summed E-state index contributed by atoms with van der Waals surface area (Å²) in [6, 6.07) is 0. The van der Waals surface area contributed by atoms with Gasteiger partial charge in [-0.05, 0) is 51.0 Å². The number of alkyl halides is 3. The van der Waals surface area contributed by atoms with Crippen LogP contribution in [0.3, 0.4) is 0 Å². The summed E-state index contributed by atoms with van der Waals surface area (Å²) in [6.07, 6.45) is 0.420. The molecule has 0 spiro atoms. The highest BCUT2D eigenvalue weighted by atomic mass is 19.4. The molecule has 0 heterocycles. The van der Waals surface area contributed by atoms with Crippen LogP contribution in [0.25, 0.3) is 0 Å². The average Bonchev–Trinajstić information content (AvgIpc) is 2.37. The smallest absolute Gasteiger partial charge is 0.374 e. The Morgan fingerprint density at radius 1 is 1.25 bits per heavy atom. The molecule has 1 aliphatic carbocycles. The van der Waals surface area contributed by atoms with Gasteiger partial charge in [-0.1, -0.05) is 13.8 Å². The van der Waals surface area contributed by atoms with E-state index in [1.807, 2.05) is 0 Å². The number of hydrogen-bond donors (Lipinski definition) is 1. The highest BCUT2D eigenvalue weighted by molar-refractivity contribution is 4.88. The van der Waals surface area contributed by atoms with Crippen LogP contribution in [0, 0.1) is 5.92 Å². The minimum Gasteiger partial charge on any atom is -0.374 e. The Balaban J connectivity index is 2.38. The summed E-state index contributed by atoms with van der Waals surface area (Å²) in [5.41, 5.74) is -0.243. The van der Waals surface area contributed by atoms with Gasteiger partial charge in [-0.25, -0.2) is 0 Å². The van der Waals surface area contributed by atoms with Crippen molar-refractivity contribution in [3.05, 3.63) is 0 Å². The van der Waals surface area contributed by atoms with E-state index in [4.69, 9.17) is 4.74 Å². The van der Waals surface area contributed by atoms with Gasteiger partial charge in [-0.15, -0.1) is 0 Å². The van der Waals surface area contributed by atoms with Gasteiger partial charge in [0, 0.05) is 19.6 Å². The van der Waals surface area contributed by atoms with Crippen molar-refractivity contribution in [2.75, 3.05) is 19.7 Å². The molecular formula is C15H28F3NO. The molecule has 1 aliphatic rings. The van der Waals surface area contributed by atoms with Gasteiger partial charge in [0.1, 0.15) is 0 Å². The van der Waals surface area contributed by atoms with Gasteiger partial charge in [-0.2, -0.15) is 13.2 Å². The quantitative estimate of drug-likeness (QED) is 0.674. The summed E-state index contributed by atoms with van der Waals surface area (Å²) in [6.45, 7) is 6.24. The van der Waals surface area contributed by atoms with Crippen molar-refractivity contribution in [3.63, 3.8) is 0 Å². The first kappa shape index (κ1) is 17.8. The van der Waals surface area contributed by atoms with E-state index in [1.165, 1.54) is 0 Å². The maximum absolute atomic E-state index is 12.1. The van der Waals surface area contributed by atoms with Gasteiger partial charge in [0.05, 0.1) is 5.60 Å². The Bertz CT molecular complexity index is 260. The Morgan fingerprint density at radius 2 is 1.90 bits per heavy atom. The van der Waals surface area contributed by atoms with Crippen LogP contribution in [0.5, 0.6) is 0 Å². The molecule has 0 amide bonds. The second-order valence-corrected chi connectivity index (χ2v) is 6.11. The monoisotopic (exact) mass is 295 g/mol. The van der Waals surface area contributed by atoms with Gasteiger partial charge in [0.2, 0.25) is 0 Å². The second-order valence-electron chi connectivity index (χ2n) is 6.11. The minimum absolute atomic E-state index is 0.0641. The van der Waals surface area contributed by atoms with Crippen molar-refractivity contribution >= 4 is 0 Å². The predicted octanol–water partition coefficient (Wildman–Crippen LogP) is 4.29. The number of halogens is 3. The number of hydrogen-bond acceptors (Lipinski definition) is 2. The topological polar surface area (TPSA) is 21.3 Å². The summed E-state index contributed by atoms with van der Waals surface area (Å²) in [5, 5.41) is 3.37. The van der Waals surface area contributed by atoms with Crippen LogP contribution in [-0.4, -0.2) is 31.5 Å². The van der Waals surface area contributed by atoms with Gasteiger partial charge in [-0.3, -0.25) is 0 Å². The van der Waals surface area contributed by atoms with Gasteiger partial charge >= 0.3 is 6.18 Å². The maximum Gasteiger partial charge on any atom is 0.389 e. The van der Waals surface area contributed by atoms with Crippen LogP contribution >= 0.6 is 0 Å². The molecule has 5 heteroatoms. The zero-order valence-corrected chi connectivity index (χ0v) is 12.7. The van der Waals surface area contributed by atoms with Crippen molar-refractivity contribution in [3.8, 4) is 0 Å².